The van der Waals surface area contributed by atoms with E-state index in [0.29, 0.717) is 12.3 Å². The second-order valence-corrected chi connectivity index (χ2v) is 6.16. The topological polar surface area (TPSA) is 83.4 Å². The van der Waals surface area contributed by atoms with Crippen LogP contribution in [0, 0.1) is 18.3 Å². The van der Waals surface area contributed by atoms with E-state index < -0.39 is 5.91 Å². The number of para-hydroxylation sites is 1. The fraction of sp³-hybridized carbons (Fsp3) is 0.238. The van der Waals surface area contributed by atoms with Gasteiger partial charge in [0.05, 0.1) is 0 Å². The van der Waals surface area contributed by atoms with Crippen LogP contribution in [-0.2, 0) is 17.8 Å². The average Bonchev–Trinajstić information content (AvgIpc) is 3.14. The Balaban J connectivity index is 1.66. The van der Waals surface area contributed by atoms with Gasteiger partial charge in [-0.3, -0.25) is 4.79 Å². The van der Waals surface area contributed by atoms with E-state index in [1.54, 1.807) is 0 Å². The van der Waals surface area contributed by atoms with Gasteiger partial charge in [-0.05, 0) is 42.2 Å². The van der Waals surface area contributed by atoms with Crippen LogP contribution in [0.4, 0.5) is 5.69 Å². The van der Waals surface area contributed by atoms with Gasteiger partial charge in [0.2, 0.25) is 6.79 Å². The highest BCUT2D eigenvalue weighted by atomic mass is 16.7. The second-order valence-electron chi connectivity index (χ2n) is 6.16. The van der Waals surface area contributed by atoms with Crippen LogP contribution >= 0.6 is 0 Å². The molecule has 2 aromatic carbocycles. The number of ether oxygens (including phenoxy) is 2. The molecule has 1 heterocycles. The van der Waals surface area contributed by atoms with Gasteiger partial charge in [0, 0.05) is 18.4 Å². The molecule has 0 fully saturated rings. The zero-order valence-corrected chi connectivity index (χ0v) is 15.3. The molecule has 138 valence electrons. The minimum absolute atomic E-state index is 0.0149. The molecule has 1 amide bonds. The van der Waals surface area contributed by atoms with Crippen LogP contribution in [-0.4, -0.2) is 12.7 Å². The lowest BCUT2D eigenvalue weighted by Crippen LogP contribution is -2.18. The summed E-state index contributed by atoms with van der Waals surface area (Å²) in [6.07, 6.45) is 2.23. The van der Waals surface area contributed by atoms with Crippen molar-refractivity contribution in [1.29, 1.82) is 5.26 Å². The summed E-state index contributed by atoms with van der Waals surface area (Å²) in [5.41, 5.74) is 3.74. The lowest BCUT2D eigenvalue weighted by atomic mass is 10.1. The molecule has 0 aliphatic carbocycles. The first kappa shape index (κ1) is 18.3. The van der Waals surface area contributed by atoms with Gasteiger partial charge in [0.1, 0.15) is 11.6 Å². The number of benzene rings is 2. The summed E-state index contributed by atoms with van der Waals surface area (Å²) in [5.74, 6) is 0.985. The van der Waals surface area contributed by atoms with E-state index in [0.717, 1.165) is 34.5 Å². The van der Waals surface area contributed by atoms with Crippen LogP contribution < -0.4 is 20.1 Å². The van der Waals surface area contributed by atoms with Crippen molar-refractivity contribution >= 4 is 11.6 Å². The highest BCUT2D eigenvalue weighted by Crippen LogP contribution is 2.32. The molecule has 2 N–H and O–H groups in total. The van der Waals surface area contributed by atoms with Crippen molar-refractivity contribution in [1.82, 2.24) is 5.32 Å². The monoisotopic (exact) mass is 363 g/mol. The molecule has 2 aromatic rings. The maximum atomic E-state index is 12.5. The first-order valence-electron chi connectivity index (χ1n) is 8.74. The third kappa shape index (κ3) is 4.21. The third-order valence-electron chi connectivity index (χ3n) is 4.33. The van der Waals surface area contributed by atoms with Crippen molar-refractivity contribution < 1.29 is 14.3 Å². The highest BCUT2D eigenvalue weighted by molar-refractivity contribution is 6.07. The van der Waals surface area contributed by atoms with E-state index in [-0.39, 0.29) is 12.4 Å². The predicted molar refractivity (Wildman–Crippen MR) is 102 cm³/mol. The van der Waals surface area contributed by atoms with Crippen molar-refractivity contribution in [2.45, 2.75) is 26.8 Å². The number of aryl methyl sites for hydroxylation is 2. The molecule has 6 nitrogen and oxygen atoms in total. The number of nitriles is 1. The Morgan fingerprint density at radius 1 is 1.26 bits per heavy atom. The fourth-order valence-electron chi connectivity index (χ4n) is 2.85. The normalized spacial score (nSPS) is 12.4. The van der Waals surface area contributed by atoms with Crippen LogP contribution in [0.25, 0.3) is 0 Å². The average molecular weight is 363 g/mol. The SMILES string of the molecule is CCc1cccc(C)c1NC(=O)/C(C#N)=C\NCc1ccc2c(c1)OCO2. The van der Waals surface area contributed by atoms with Crippen molar-refractivity contribution in [2.24, 2.45) is 0 Å². The minimum atomic E-state index is -0.431. The van der Waals surface area contributed by atoms with Crippen molar-refractivity contribution in [3.8, 4) is 17.6 Å². The number of nitrogens with one attached hydrogen (secondary N) is 2. The smallest absolute Gasteiger partial charge is 0.267 e. The number of carbonyl (C=O) groups is 1. The lowest BCUT2D eigenvalue weighted by Gasteiger charge is -2.12. The number of rotatable bonds is 6. The van der Waals surface area contributed by atoms with E-state index in [1.807, 2.05) is 56.3 Å². The maximum Gasteiger partial charge on any atom is 0.267 e. The summed E-state index contributed by atoms with van der Waals surface area (Å²) in [6.45, 7) is 4.64. The molecule has 0 saturated heterocycles. The van der Waals surface area contributed by atoms with Crippen molar-refractivity contribution in [2.75, 3.05) is 12.1 Å². The van der Waals surface area contributed by atoms with Gasteiger partial charge in [-0.1, -0.05) is 31.2 Å². The molecule has 0 bridgehead atoms. The van der Waals surface area contributed by atoms with Crippen LogP contribution in [0.15, 0.2) is 48.2 Å². The molecule has 1 aliphatic heterocycles. The van der Waals surface area contributed by atoms with E-state index in [1.165, 1.54) is 6.20 Å². The van der Waals surface area contributed by atoms with Gasteiger partial charge in [0.15, 0.2) is 11.5 Å². The van der Waals surface area contributed by atoms with E-state index >= 15 is 0 Å². The predicted octanol–water partition coefficient (Wildman–Crippen LogP) is 3.42. The Kier molecular flexibility index (Phi) is 5.62. The van der Waals surface area contributed by atoms with Crippen molar-refractivity contribution in [3.63, 3.8) is 0 Å². The Hall–Kier alpha value is -3.46. The summed E-state index contributed by atoms with van der Waals surface area (Å²) in [6, 6.07) is 13.4. The maximum absolute atomic E-state index is 12.5. The van der Waals surface area contributed by atoms with Gasteiger partial charge < -0.3 is 20.1 Å². The van der Waals surface area contributed by atoms with Gasteiger partial charge >= 0.3 is 0 Å². The van der Waals surface area contributed by atoms with Gasteiger partial charge in [-0.2, -0.15) is 5.26 Å². The van der Waals surface area contributed by atoms with Crippen LogP contribution in [0.2, 0.25) is 0 Å². The largest absolute Gasteiger partial charge is 0.454 e. The summed E-state index contributed by atoms with van der Waals surface area (Å²) in [4.78, 5) is 12.5. The number of hydrogen-bond donors (Lipinski definition) is 2. The summed E-state index contributed by atoms with van der Waals surface area (Å²) in [5, 5.41) is 15.2. The molecule has 0 aromatic heterocycles. The minimum Gasteiger partial charge on any atom is -0.454 e. The second kappa shape index (κ2) is 8.28. The number of fused-ring (bicyclic) bond motifs is 1. The zero-order valence-electron chi connectivity index (χ0n) is 15.3. The van der Waals surface area contributed by atoms with Gasteiger partial charge in [0.25, 0.3) is 5.91 Å². The molecular weight excluding hydrogens is 342 g/mol. The van der Waals surface area contributed by atoms with E-state index in [4.69, 9.17) is 9.47 Å². The van der Waals surface area contributed by atoms with Crippen molar-refractivity contribution in [3.05, 3.63) is 64.9 Å². The molecule has 3 rings (SSSR count). The standard InChI is InChI=1S/C21H21N3O3/c1-3-16-6-4-5-14(2)20(16)24-21(25)17(10-22)12-23-11-15-7-8-18-19(9-15)27-13-26-18/h4-9,12,23H,3,11,13H2,1-2H3,(H,24,25)/b17-12-. The Morgan fingerprint density at radius 3 is 2.85 bits per heavy atom. The van der Waals surface area contributed by atoms with E-state index in [9.17, 15) is 10.1 Å². The summed E-state index contributed by atoms with van der Waals surface area (Å²) >= 11 is 0. The number of anilines is 1. The molecule has 1 aliphatic rings. The number of amides is 1. The Labute approximate surface area is 158 Å². The highest BCUT2D eigenvalue weighted by Gasteiger charge is 2.14. The van der Waals surface area contributed by atoms with Gasteiger partial charge in [-0.25, -0.2) is 0 Å². The number of hydrogen-bond acceptors (Lipinski definition) is 5. The quantitative estimate of drug-likeness (QED) is 0.607. The number of nitrogens with zero attached hydrogens (tertiary/aromatic N) is 1. The number of carbonyl (C=O) groups excluding carboxylic acids is 1. The zero-order chi connectivity index (χ0) is 19.2. The van der Waals surface area contributed by atoms with E-state index in [2.05, 4.69) is 10.6 Å². The van der Waals surface area contributed by atoms with Crippen LogP contribution in [0.3, 0.4) is 0 Å². The van der Waals surface area contributed by atoms with Gasteiger partial charge in [-0.15, -0.1) is 0 Å². The van der Waals surface area contributed by atoms with Crippen LogP contribution in [0.1, 0.15) is 23.6 Å². The summed E-state index contributed by atoms with van der Waals surface area (Å²) in [7, 11) is 0. The fourth-order valence-corrected chi connectivity index (χ4v) is 2.85. The Morgan fingerprint density at radius 2 is 2.07 bits per heavy atom. The Bertz CT molecular complexity index is 929. The summed E-state index contributed by atoms with van der Waals surface area (Å²) < 4.78 is 10.6. The molecule has 0 spiro atoms. The molecule has 27 heavy (non-hydrogen) atoms. The molecule has 0 atom stereocenters. The third-order valence-corrected chi connectivity index (χ3v) is 4.33. The molecule has 0 saturated carbocycles. The van der Waals surface area contributed by atoms with Crippen LogP contribution in [0.5, 0.6) is 11.5 Å². The molecule has 0 radical (unpaired) electrons. The molecule has 6 heteroatoms. The molecule has 0 unspecified atom stereocenters. The molecular formula is C21H21N3O3. The first-order valence-corrected chi connectivity index (χ1v) is 8.74. The first-order chi connectivity index (χ1) is 13.1. The lowest BCUT2D eigenvalue weighted by molar-refractivity contribution is -0.112.